The fraction of sp³-hybridized carbons (Fsp3) is 0.312. The van der Waals surface area contributed by atoms with Crippen LogP contribution in [0.1, 0.15) is 16.7 Å². The first-order chi connectivity index (χ1) is 11.6. The monoisotopic (exact) mass is 361 g/mol. The lowest BCUT2D eigenvalue weighted by molar-refractivity contribution is 0.0709. The van der Waals surface area contributed by atoms with E-state index in [2.05, 4.69) is 22.3 Å². The van der Waals surface area contributed by atoms with Crippen LogP contribution in [0.15, 0.2) is 30.6 Å². The van der Waals surface area contributed by atoms with Gasteiger partial charge >= 0.3 is 0 Å². The summed E-state index contributed by atoms with van der Waals surface area (Å²) in [5, 5.41) is 8.07. The highest BCUT2D eigenvalue weighted by molar-refractivity contribution is 7.18. The average molecular weight is 362 g/mol. The quantitative estimate of drug-likeness (QED) is 0.762. The first-order valence-electron chi connectivity index (χ1n) is 7.75. The fourth-order valence-electron chi connectivity index (χ4n) is 2.93. The number of thiazole rings is 1. The predicted octanol–water partition coefficient (Wildman–Crippen LogP) is 2.55. The van der Waals surface area contributed by atoms with E-state index >= 15 is 0 Å². The molecule has 1 saturated heterocycles. The number of rotatable bonds is 2. The van der Waals surface area contributed by atoms with Crippen molar-refractivity contribution in [2.24, 2.45) is 0 Å². The molecule has 124 valence electrons. The molecule has 24 heavy (non-hydrogen) atoms. The summed E-state index contributed by atoms with van der Waals surface area (Å²) >= 11 is 7.61. The summed E-state index contributed by atoms with van der Waals surface area (Å²) in [6.45, 7) is 4.24. The number of hydrogen-bond acceptors (Lipinski definition) is 5. The van der Waals surface area contributed by atoms with Crippen LogP contribution in [0.5, 0.6) is 0 Å². The molecule has 1 fully saturated rings. The van der Waals surface area contributed by atoms with E-state index in [0.29, 0.717) is 28.1 Å². The van der Waals surface area contributed by atoms with Crippen molar-refractivity contribution in [3.8, 4) is 11.3 Å². The third kappa shape index (κ3) is 2.68. The summed E-state index contributed by atoms with van der Waals surface area (Å²) in [6.07, 6.45) is 3.60. The topological polar surface area (TPSA) is 62.5 Å². The molecular weight excluding hydrogens is 346 g/mol. The summed E-state index contributed by atoms with van der Waals surface area (Å²) in [4.78, 5) is 19.1. The number of carbonyl (C=O) groups is 1. The van der Waals surface area contributed by atoms with Crippen molar-refractivity contribution in [2.75, 3.05) is 19.6 Å². The van der Waals surface area contributed by atoms with Crippen LogP contribution in [0.2, 0.25) is 4.34 Å². The Morgan fingerprint density at radius 3 is 3.17 bits per heavy atom. The maximum Gasteiger partial charge on any atom is 0.283 e. The van der Waals surface area contributed by atoms with Gasteiger partial charge in [0.2, 0.25) is 0 Å². The highest BCUT2D eigenvalue weighted by atomic mass is 35.5. The number of nitrogens with one attached hydrogen (secondary N) is 1. The van der Waals surface area contributed by atoms with Crippen molar-refractivity contribution in [2.45, 2.75) is 13.0 Å². The molecule has 1 unspecified atom stereocenters. The molecule has 3 aromatic rings. The van der Waals surface area contributed by atoms with E-state index in [9.17, 15) is 4.79 Å². The lowest BCUT2D eigenvalue weighted by atomic mass is 10.2. The number of carbonyl (C=O) groups excluding carboxylic acids is 1. The summed E-state index contributed by atoms with van der Waals surface area (Å²) in [7, 11) is 0. The first-order valence-corrected chi connectivity index (χ1v) is 8.94. The minimum atomic E-state index is -0.0574. The molecule has 0 radical (unpaired) electrons. The zero-order valence-corrected chi connectivity index (χ0v) is 14.6. The smallest absolute Gasteiger partial charge is 0.283 e. The summed E-state index contributed by atoms with van der Waals surface area (Å²) in [5.74, 6) is -0.0574. The Morgan fingerprint density at radius 2 is 2.33 bits per heavy atom. The van der Waals surface area contributed by atoms with Crippen LogP contribution >= 0.6 is 22.9 Å². The van der Waals surface area contributed by atoms with Gasteiger partial charge in [0.05, 0.1) is 11.7 Å². The van der Waals surface area contributed by atoms with Crippen LogP contribution in [0.4, 0.5) is 0 Å². The molecule has 0 aliphatic carbocycles. The van der Waals surface area contributed by atoms with Crippen LogP contribution < -0.4 is 5.32 Å². The van der Waals surface area contributed by atoms with Crippen LogP contribution in [0, 0.1) is 0 Å². The van der Waals surface area contributed by atoms with Crippen molar-refractivity contribution in [1.29, 1.82) is 0 Å². The molecule has 0 bridgehead atoms. The van der Waals surface area contributed by atoms with E-state index in [1.165, 1.54) is 11.3 Å². The number of nitrogens with zero attached hydrogens (tertiary/aromatic N) is 4. The van der Waals surface area contributed by atoms with Gasteiger partial charge in [0.15, 0.2) is 5.01 Å². The highest BCUT2D eigenvalue weighted by Gasteiger charge is 2.26. The second kappa shape index (κ2) is 6.16. The summed E-state index contributed by atoms with van der Waals surface area (Å²) in [5.41, 5.74) is 2.37. The number of pyridine rings is 1. The predicted molar refractivity (Wildman–Crippen MR) is 94.7 cm³/mol. The zero-order chi connectivity index (χ0) is 16.7. The molecule has 1 aliphatic rings. The molecule has 1 aliphatic heterocycles. The summed E-state index contributed by atoms with van der Waals surface area (Å²) in [6, 6.07) is 6.09. The lowest BCUT2D eigenvalue weighted by Crippen LogP contribution is -2.51. The number of aromatic nitrogens is 3. The van der Waals surface area contributed by atoms with Crippen molar-refractivity contribution in [3.63, 3.8) is 0 Å². The Labute approximate surface area is 148 Å². The molecule has 3 aromatic heterocycles. The largest absolute Gasteiger partial charge is 0.334 e. The Morgan fingerprint density at radius 1 is 1.46 bits per heavy atom. The van der Waals surface area contributed by atoms with E-state index < -0.39 is 0 Å². The van der Waals surface area contributed by atoms with Gasteiger partial charge in [-0.2, -0.15) is 5.10 Å². The highest BCUT2D eigenvalue weighted by Crippen LogP contribution is 2.35. The standard InChI is InChI=1S/C16H16ClN5OS/c1-10-9-21(7-5-18-10)16(23)15-20-13(14(17)24-15)11-8-19-22-6-3-2-4-12(11)22/h2-4,6,8,10,18H,5,7,9H2,1H3. The van der Waals surface area contributed by atoms with Crippen molar-refractivity contribution in [3.05, 3.63) is 39.9 Å². The molecule has 0 saturated carbocycles. The molecular formula is C16H16ClN5OS. The minimum Gasteiger partial charge on any atom is -0.334 e. The average Bonchev–Trinajstić information content (AvgIpc) is 3.17. The normalized spacial score (nSPS) is 18.2. The van der Waals surface area contributed by atoms with Gasteiger partial charge in [-0.25, -0.2) is 9.50 Å². The number of amides is 1. The van der Waals surface area contributed by atoms with Crippen LogP contribution in [-0.2, 0) is 0 Å². The Bertz CT molecular complexity index is 905. The summed E-state index contributed by atoms with van der Waals surface area (Å²) < 4.78 is 2.28. The van der Waals surface area contributed by atoms with E-state index in [-0.39, 0.29) is 11.9 Å². The SMILES string of the molecule is CC1CN(C(=O)c2nc(-c3cnn4ccccc34)c(Cl)s2)CCN1. The van der Waals surface area contributed by atoms with Gasteiger partial charge in [-0.3, -0.25) is 4.79 Å². The Kier molecular flexibility index (Phi) is 3.99. The van der Waals surface area contributed by atoms with E-state index in [1.54, 1.807) is 10.7 Å². The molecule has 1 atom stereocenters. The molecule has 4 heterocycles. The fourth-order valence-corrected chi connectivity index (χ4v) is 4.07. The van der Waals surface area contributed by atoms with E-state index in [1.807, 2.05) is 29.3 Å². The molecule has 1 amide bonds. The van der Waals surface area contributed by atoms with Crippen LogP contribution in [-0.4, -0.2) is 51.1 Å². The van der Waals surface area contributed by atoms with Crippen LogP contribution in [0.3, 0.4) is 0 Å². The maximum absolute atomic E-state index is 12.7. The molecule has 8 heteroatoms. The Balaban J connectivity index is 1.68. The molecule has 0 spiro atoms. The zero-order valence-electron chi connectivity index (χ0n) is 13.1. The van der Waals surface area contributed by atoms with Gasteiger partial charge in [0.25, 0.3) is 5.91 Å². The van der Waals surface area contributed by atoms with E-state index in [0.717, 1.165) is 17.6 Å². The number of fused-ring (bicyclic) bond motifs is 1. The van der Waals surface area contributed by atoms with Crippen LogP contribution in [0.25, 0.3) is 16.8 Å². The van der Waals surface area contributed by atoms with Crippen molar-refractivity contribution < 1.29 is 4.79 Å². The number of hydrogen-bond donors (Lipinski definition) is 1. The van der Waals surface area contributed by atoms with Gasteiger partial charge in [0.1, 0.15) is 10.0 Å². The van der Waals surface area contributed by atoms with Gasteiger partial charge in [-0.05, 0) is 19.1 Å². The van der Waals surface area contributed by atoms with Gasteiger partial charge < -0.3 is 10.2 Å². The number of piperazine rings is 1. The lowest BCUT2D eigenvalue weighted by Gasteiger charge is -2.31. The third-order valence-electron chi connectivity index (χ3n) is 4.11. The van der Waals surface area contributed by atoms with E-state index in [4.69, 9.17) is 11.6 Å². The van der Waals surface area contributed by atoms with Gasteiger partial charge in [0, 0.05) is 37.4 Å². The minimum absolute atomic E-state index is 0.0574. The molecule has 6 nitrogen and oxygen atoms in total. The Hall–Kier alpha value is -1.96. The molecule has 0 aromatic carbocycles. The molecule has 1 N–H and O–H groups in total. The van der Waals surface area contributed by atoms with Gasteiger partial charge in [-0.15, -0.1) is 0 Å². The first kappa shape index (κ1) is 15.6. The van der Waals surface area contributed by atoms with Gasteiger partial charge in [-0.1, -0.05) is 29.0 Å². The van der Waals surface area contributed by atoms with Crippen molar-refractivity contribution >= 4 is 34.4 Å². The number of halogens is 1. The molecule has 4 rings (SSSR count). The maximum atomic E-state index is 12.7. The van der Waals surface area contributed by atoms with Crippen molar-refractivity contribution in [1.82, 2.24) is 24.8 Å². The second-order valence-corrected chi connectivity index (χ2v) is 7.44. The third-order valence-corrected chi connectivity index (χ3v) is 5.35. The second-order valence-electron chi connectivity index (χ2n) is 5.84.